The molecule has 0 atom stereocenters. The largest absolute Gasteiger partial charge is 0.493 e. The van der Waals surface area contributed by atoms with Crippen LogP contribution in [0.25, 0.3) is 0 Å². The topological polar surface area (TPSA) is 62.3 Å². The molecular formula is C15H20ClN3O2. The lowest BCUT2D eigenvalue weighted by atomic mass is 10.1. The maximum atomic E-state index is 6.20. The zero-order valence-corrected chi connectivity index (χ0v) is 13.3. The van der Waals surface area contributed by atoms with Gasteiger partial charge in [-0.15, -0.1) is 0 Å². The van der Waals surface area contributed by atoms with Crippen LogP contribution in [0.2, 0.25) is 5.15 Å². The molecule has 0 aliphatic carbocycles. The molecular weight excluding hydrogens is 290 g/mol. The number of nitrogens with two attached hydrogens (primary N) is 1. The van der Waals surface area contributed by atoms with E-state index in [0.29, 0.717) is 29.8 Å². The fraction of sp³-hybridized carbons (Fsp3) is 0.400. The Labute approximate surface area is 129 Å². The van der Waals surface area contributed by atoms with Gasteiger partial charge in [-0.05, 0) is 37.6 Å². The quantitative estimate of drug-likeness (QED) is 0.890. The molecule has 0 fully saturated rings. The molecule has 1 aromatic heterocycles. The molecule has 5 nitrogen and oxygen atoms in total. The Kier molecular flexibility index (Phi) is 5.09. The van der Waals surface area contributed by atoms with E-state index in [1.54, 1.807) is 18.8 Å². The number of ether oxygens (including phenoxy) is 2. The van der Waals surface area contributed by atoms with E-state index in [1.807, 2.05) is 25.1 Å². The molecule has 1 heterocycles. The summed E-state index contributed by atoms with van der Waals surface area (Å²) >= 11 is 6.20. The van der Waals surface area contributed by atoms with Crippen LogP contribution in [0.3, 0.4) is 0 Å². The average Bonchev–Trinajstić information content (AvgIpc) is 2.71. The van der Waals surface area contributed by atoms with Crippen molar-refractivity contribution >= 4 is 11.6 Å². The van der Waals surface area contributed by atoms with Gasteiger partial charge in [0, 0.05) is 12.6 Å². The number of hydrogen-bond donors (Lipinski definition) is 1. The maximum absolute atomic E-state index is 6.20. The van der Waals surface area contributed by atoms with Crippen molar-refractivity contribution in [1.29, 1.82) is 0 Å². The molecule has 114 valence electrons. The normalized spacial score (nSPS) is 10.7. The number of nitrogens with zero attached hydrogens (tertiary/aromatic N) is 2. The minimum absolute atomic E-state index is 0.352. The Morgan fingerprint density at radius 2 is 2.10 bits per heavy atom. The Bertz CT molecular complexity index is 626. The third kappa shape index (κ3) is 3.49. The van der Waals surface area contributed by atoms with Crippen LogP contribution in [0.1, 0.15) is 16.8 Å². The van der Waals surface area contributed by atoms with Crippen molar-refractivity contribution in [3.63, 3.8) is 0 Å². The third-order valence-corrected chi connectivity index (χ3v) is 3.78. The van der Waals surface area contributed by atoms with Gasteiger partial charge in [-0.3, -0.25) is 4.68 Å². The van der Waals surface area contributed by atoms with Crippen molar-refractivity contribution in [2.75, 3.05) is 13.7 Å². The van der Waals surface area contributed by atoms with Crippen LogP contribution in [0.4, 0.5) is 0 Å². The number of hydrogen-bond acceptors (Lipinski definition) is 4. The summed E-state index contributed by atoms with van der Waals surface area (Å²) in [7, 11) is 3.43. The summed E-state index contributed by atoms with van der Waals surface area (Å²) in [6.45, 7) is 2.87. The molecule has 0 saturated heterocycles. The van der Waals surface area contributed by atoms with Gasteiger partial charge in [0.2, 0.25) is 0 Å². The monoisotopic (exact) mass is 309 g/mol. The first-order chi connectivity index (χ1) is 10.1. The van der Waals surface area contributed by atoms with E-state index in [1.165, 1.54) is 0 Å². The fourth-order valence-electron chi connectivity index (χ4n) is 2.14. The Morgan fingerprint density at radius 1 is 1.33 bits per heavy atom. The van der Waals surface area contributed by atoms with E-state index in [-0.39, 0.29) is 0 Å². The second kappa shape index (κ2) is 6.83. The molecule has 2 aromatic rings. The van der Waals surface area contributed by atoms with Gasteiger partial charge in [0.1, 0.15) is 11.8 Å². The summed E-state index contributed by atoms with van der Waals surface area (Å²) in [6.07, 6.45) is 0.810. The van der Waals surface area contributed by atoms with Gasteiger partial charge >= 0.3 is 0 Å². The highest BCUT2D eigenvalue weighted by atomic mass is 35.5. The van der Waals surface area contributed by atoms with E-state index in [9.17, 15) is 0 Å². The van der Waals surface area contributed by atoms with Crippen LogP contribution in [0, 0.1) is 6.92 Å². The Hall–Kier alpha value is -1.72. The van der Waals surface area contributed by atoms with Crippen LogP contribution in [-0.4, -0.2) is 23.4 Å². The molecule has 0 spiro atoms. The predicted octanol–water partition coefficient (Wildman–Crippen LogP) is 2.47. The summed E-state index contributed by atoms with van der Waals surface area (Å²) in [5.74, 6) is 1.37. The van der Waals surface area contributed by atoms with Crippen LogP contribution in [-0.2, 0) is 20.1 Å². The van der Waals surface area contributed by atoms with E-state index in [2.05, 4.69) is 5.10 Å². The highest BCUT2D eigenvalue weighted by Gasteiger charge is 2.13. The second-order valence-electron chi connectivity index (χ2n) is 4.79. The van der Waals surface area contributed by atoms with Crippen molar-refractivity contribution in [2.24, 2.45) is 12.8 Å². The third-order valence-electron chi connectivity index (χ3n) is 3.30. The number of aryl methyl sites for hydroxylation is 2. The van der Waals surface area contributed by atoms with Crippen molar-refractivity contribution in [3.05, 3.63) is 40.2 Å². The molecule has 6 heteroatoms. The van der Waals surface area contributed by atoms with Gasteiger partial charge < -0.3 is 15.2 Å². The first kappa shape index (κ1) is 15.7. The summed E-state index contributed by atoms with van der Waals surface area (Å²) in [6, 6.07) is 5.83. The molecule has 0 radical (unpaired) electrons. The van der Waals surface area contributed by atoms with Crippen LogP contribution < -0.4 is 15.2 Å². The number of aromatic nitrogens is 2. The SMILES string of the molecule is COc1cc(CCN)ccc1OCc1c(C)nn(C)c1Cl. The minimum Gasteiger partial charge on any atom is -0.493 e. The zero-order valence-electron chi connectivity index (χ0n) is 12.5. The average molecular weight is 310 g/mol. The molecule has 0 bridgehead atoms. The van der Waals surface area contributed by atoms with E-state index in [4.69, 9.17) is 26.8 Å². The first-order valence-electron chi connectivity index (χ1n) is 6.74. The summed E-state index contributed by atoms with van der Waals surface area (Å²) in [4.78, 5) is 0. The standard InChI is InChI=1S/C15H20ClN3O2/c1-10-12(15(16)19(2)18-10)9-21-13-5-4-11(6-7-17)8-14(13)20-3/h4-5,8H,6-7,9,17H2,1-3H3. The van der Waals surface area contributed by atoms with Crippen molar-refractivity contribution in [1.82, 2.24) is 9.78 Å². The molecule has 21 heavy (non-hydrogen) atoms. The summed E-state index contributed by atoms with van der Waals surface area (Å²) in [5.41, 5.74) is 8.43. The molecule has 0 saturated carbocycles. The summed E-state index contributed by atoms with van der Waals surface area (Å²) in [5, 5.41) is 4.85. The van der Waals surface area contributed by atoms with Crippen LogP contribution >= 0.6 is 11.6 Å². The molecule has 0 aliphatic heterocycles. The molecule has 0 unspecified atom stereocenters. The lowest BCUT2D eigenvalue weighted by Gasteiger charge is -2.12. The molecule has 2 rings (SSSR count). The predicted molar refractivity (Wildman–Crippen MR) is 83.0 cm³/mol. The van der Waals surface area contributed by atoms with E-state index < -0.39 is 0 Å². The summed E-state index contributed by atoms with van der Waals surface area (Å²) < 4.78 is 12.8. The first-order valence-corrected chi connectivity index (χ1v) is 7.12. The number of rotatable bonds is 6. The van der Waals surface area contributed by atoms with Crippen molar-refractivity contribution in [2.45, 2.75) is 20.0 Å². The minimum atomic E-state index is 0.352. The van der Waals surface area contributed by atoms with Crippen molar-refractivity contribution < 1.29 is 9.47 Å². The van der Waals surface area contributed by atoms with Gasteiger partial charge in [0.05, 0.1) is 12.8 Å². The van der Waals surface area contributed by atoms with Gasteiger partial charge in [0.25, 0.3) is 0 Å². The smallest absolute Gasteiger partial charge is 0.161 e. The van der Waals surface area contributed by atoms with Crippen LogP contribution in [0.5, 0.6) is 11.5 Å². The highest BCUT2D eigenvalue weighted by Crippen LogP contribution is 2.30. The second-order valence-corrected chi connectivity index (χ2v) is 5.15. The van der Waals surface area contributed by atoms with Gasteiger partial charge in [0.15, 0.2) is 11.5 Å². The highest BCUT2D eigenvalue weighted by molar-refractivity contribution is 6.30. The van der Waals surface area contributed by atoms with Gasteiger partial charge in [-0.1, -0.05) is 17.7 Å². The Morgan fingerprint density at radius 3 is 2.67 bits per heavy atom. The van der Waals surface area contributed by atoms with Gasteiger partial charge in [-0.2, -0.15) is 5.10 Å². The maximum Gasteiger partial charge on any atom is 0.161 e. The lowest BCUT2D eigenvalue weighted by molar-refractivity contribution is 0.283. The number of benzene rings is 1. The molecule has 0 amide bonds. The van der Waals surface area contributed by atoms with Gasteiger partial charge in [-0.25, -0.2) is 0 Å². The Balaban J connectivity index is 2.16. The lowest BCUT2D eigenvalue weighted by Crippen LogP contribution is -2.04. The molecule has 1 aromatic carbocycles. The van der Waals surface area contributed by atoms with E-state index in [0.717, 1.165) is 23.2 Å². The number of halogens is 1. The van der Waals surface area contributed by atoms with Crippen LogP contribution in [0.15, 0.2) is 18.2 Å². The number of methoxy groups -OCH3 is 1. The molecule has 2 N–H and O–H groups in total. The zero-order chi connectivity index (χ0) is 15.4. The van der Waals surface area contributed by atoms with E-state index >= 15 is 0 Å². The fourth-order valence-corrected chi connectivity index (χ4v) is 2.37. The molecule has 0 aliphatic rings. The van der Waals surface area contributed by atoms with Crippen molar-refractivity contribution in [3.8, 4) is 11.5 Å².